The number of alkyl halides is 3. The summed E-state index contributed by atoms with van der Waals surface area (Å²) in [6.07, 6.45) is -3.73. The molecule has 7 heteroatoms. The van der Waals surface area contributed by atoms with E-state index in [0.717, 1.165) is 0 Å². The number of rotatable bonds is 4. The summed E-state index contributed by atoms with van der Waals surface area (Å²) in [5, 5.41) is 5.29. The number of aromatic amines is 1. The first-order valence-electron chi connectivity index (χ1n) is 4.98. The molecule has 1 aromatic rings. The van der Waals surface area contributed by atoms with Gasteiger partial charge in [0, 0.05) is 0 Å². The summed E-state index contributed by atoms with van der Waals surface area (Å²) < 4.78 is 36.5. The molecule has 1 aromatic heterocycles. The van der Waals surface area contributed by atoms with Crippen LogP contribution in [0.15, 0.2) is 0 Å². The van der Waals surface area contributed by atoms with Crippen LogP contribution in [0.25, 0.3) is 5.73 Å². The Kier molecular flexibility index (Phi) is 3.90. The number of nitrogens with zero attached hydrogens (tertiary/aromatic N) is 2. The Hall–Kier alpha value is -1.11. The Bertz CT molecular complexity index is 332. The molecule has 1 heterocycles. The van der Waals surface area contributed by atoms with E-state index in [1.54, 1.807) is 0 Å². The fourth-order valence-corrected chi connectivity index (χ4v) is 1.40. The molecular formula is C9H14F3N4-. The molecule has 0 saturated heterocycles. The molecule has 1 atom stereocenters. The first-order chi connectivity index (χ1) is 7.29. The zero-order valence-electron chi connectivity index (χ0n) is 9.10. The molecule has 0 aliphatic carbocycles. The third-order valence-corrected chi connectivity index (χ3v) is 1.98. The Balaban J connectivity index is 2.59. The zero-order valence-corrected chi connectivity index (χ0v) is 9.10. The quantitative estimate of drug-likeness (QED) is 0.871. The summed E-state index contributed by atoms with van der Waals surface area (Å²) in [5.41, 5.74) is 7.64. The van der Waals surface area contributed by atoms with E-state index >= 15 is 0 Å². The minimum Gasteiger partial charge on any atom is -0.674 e. The van der Waals surface area contributed by atoms with Crippen LogP contribution in [-0.4, -0.2) is 21.2 Å². The first kappa shape index (κ1) is 13.0. The van der Waals surface area contributed by atoms with Crippen LogP contribution < -0.4 is 0 Å². The lowest BCUT2D eigenvalue weighted by Gasteiger charge is -2.20. The van der Waals surface area contributed by atoms with Crippen LogP contribution in [0.3, 0.4) is 0 Å². The first-order valence-corrected chi connectivity index (χ1v) is 4.98. The van der Waals surface area contributed by atoms with Gasteiger partial charge in [-0.1, -0.05) is 20.3 Å². The normalized spacial score (nSPS) is 14.4. The van der Waals surface area contributed by atoms with Crippen LogP contribution in [0.5, 0.6) is 0 Å². The van der Waals surface area contributed by atoms with Gasteiger partial charge in [0.1, 0.15) is 5.82 Å². The highest BCUT2D eigenvalue weighted by Crippen LogP contribution is 2.25. The number of halogens is 3. The van der Waals surface area contributed by atoms with Gasteiger partial charge in [-0.2, -0.15) is 13.2 Å². The Morgan fingerprint density at radius 2 is 2.00 bits per heavy atom. The number of hydrogen-bond acceptors (Lipinski definition) is 2. The fraction of sp³-hybridized carbons (Fsp3) is 0.778. The predicted octanol–water partition coefficient (Wildman–Crippen LogP) is 2.83. The minimum absolute atomic E-state index is 0.118. The lowest BCUT2D eigenvalue weighted by atomic mass is 10.0. The van der Waals surface area contributed by atoms with E-state index in [1.165, 1.54) is 0 Å². The van der Waals surface area contributed by atoms with Crippen molar-refractivity contribution < 1.29 is 13.2 Å². The SMILES string of the molecule is CC(C)C[C@H]([NH-])Cc1nc(C(F)(F)F)n[nH]1. The van der Waals surface area contributed by atoms with E-state index in [-0.39, 0.29) is 12.2 Å². The molecule has 92 valence electrons. The van der Waals surface area contributed by atoms with Crippen LogP contribution in [0.4, 0.5) is 13.2 Å². The molecule has 16 heavy (non-hydrogen) atoms. The average Bonchev–Trinajstić information content (AvgIpc) is 2.49. The van der Waals surface area contributed by atoms with Crippen molar-refractivity contribution in [1.29, 1.82) is 0 Å². The van der Waals surface area contributed by atoms with Crippen LogP contribution in [0.1, 0.15) is 31.9 Å². The van der Waals surface area contributed by atoms with Gasteiger partial charge in [0.15, 0.2) is 0 Å². The van der Waals surface area contributed by atoms with Gasteiger partial charge in [-0.25, -0.2) is 4.98 Å². The third-order valence-electron chi connectivity index (χ3n) is 1.98. The maximum atomic E-state index is 12.2. The molecule has 0 bridgehead atoms. The van der Waals surface area contributed by atoms with E-state index in [1.807, 2.05) is 13.8 Å². The summed E-state index contributed by atoms with van der Waals surface area (Å²) in [6, 6.07) is -0.450. The monoisotopic (exact) mass is 235 g/mol. The average molecular weight is 235 g/mol. The van der Waals surface area contributed by atoms with Gasteiger partial charge < -0.3 is 5.73 Å². The second-order valence-electron chi connectivity index (χ2n) is 4.13. The number of nitrogens with one attached hydrogen (secondary N) is 2. The molecular weight excluding hydrogens is 221 g/mol. The molecule has 0 aliphatic heterocycles. The number of aromatic nitrogens is 3. The highest BCUT2D eigenvalue weighted by molar-refractivity contribution is 4.97. The van der Waals surface area contributed by atoms with E-state index < -0.39 is 18.0 Å². The Labute approximate surface area is 91.4 Å². The Morgan fingerprint density at radius 3 is 2.44 bits per heavy atom. The second-order valence-corrected chi connectivity index (χ2v) is 4.13. The summed E-state index contributed by atoms with van der Waals surface area (Å²) in [4.78, 5) is 3.32. The van der Waals surface area contributed by atoms with Gasteiger partial charge in [-0.3, -0.25) is 5.10 Å². The molecule has 4 nitrogen and oxygen atoms in total. The van der Waals surface area contributed by atoms with Crippen LogP contribution in [-0.2, 0) is 12.6 Å². The highest BCUT2D eigenvalue weighted by Gasteiger charge is 2.35. The van der Waals surface area contributed by atoms with E-state index in [9.17, 15) is 13.2 Å². The van der Waals surface area contributed by atoms with Crippen molar-refractivity contribution in [2.24, 2.45) is 5.92 Å². The summed E-state index contributed by atoms with van der Waals surface area (Å²) in [5.74, 6) is -0.709. The summed E-state index contributed by atoms with van der Waals surface area (Å²) in [7, 11) is 0. The molecule has 2 N–H and O–H groups in total. The molecule has 0 amide bonds. The van der Waals surface area contributed by atoms with Crippen LogP contribution in [0, 0.1) is 5.92 Å². The van der Waals surface area contributed by atoms with Crippen molar-refractivity contribution in [3.63, 3.8) is 0 Å². The van der Waals surface area contributed by atoms with Gasteiger partial charge >= 0.3 is 6.18 Å². The van der Waals surface area contributed by atoms with Gasteiger partial charge in [0.2, 0.25) is 0 Å². The van der Waals surface area contributed by atoms with E-state index in [2.05, 4.69) is 15.2 Å². The second kappa shape index (κ2) is 4.82. The molecule has 0 aromatic carbocycles. The van der Waals surface area contributed by atoms with E-state index in [4.69, 9.17) is 5.73 Å². The molecule has 0 aliphatic rings. The molecule has 0 unspecified atom stereocenters. The molecule has 0 fully saturated rings. The maximum Gasteiger partial charge on any atom is 0.453 e. The van der Waals surface area contributed by atoms with Gasteiger partial charge in [0.25, 0.3) is 5.82 Å². The standard InChI is InChI=1S/C9H14F3N4/c1-5(2)3-6(13)4-7-14-8(16-15-7)9(10,11)12/h5-6,13H,3-4H2,1-2H3,(H,14,15,16)/q-1/t6-/m0/s1. The smallest absolute Gasteiger partial charge is 0.453 e. The van der Waals surface area contributed by atoms with Crippen molar-refractivity contribution in [3.8, 4) is 0 Å². The molecule has 1 rings (SSSR count). The van der Waals surface area contributed by atoms with Gasteiger partial charge in [-0.05, 0) is 12.3 Å². The van der Waals surface area contributed by atoms with E-state index in [0.29, 0.717) is 12.3 Å². The Morgan fingerprint density at radius 1 is 1.38 bits per heavy atom. The van der Waals surface area contributed by atoms with Crippen molar-refractivity contribution in [2.45, 2.75) is 38.9 Å². The van der Waals surface area contributed by atoms with Crippen molar-refractivity contribution in [2.75, 3.05) is 0 Å². The number of hydrogen-bond donors (Lipinski definition) is 1. The van der Waals surface area contributed by atoms with Crippen LogP contribution >= 0.6 is 0 Å². The largest absolute Gasteiger partial charge is 0.674 e. The third kappa shape index (κ3) is 3.80. The summed E-state index contributed by atoms with van der Waals surface area (Å²) in [6.45, 7) is 3.92. The van der Waals surface area contributed by atoms with Gasteiger partial charge in [0.05, 0.1) is 0 Å². The van der Waals surface area contributed by atoms with Crippen molar-refractivity contribution >= 4 is 0 Å². The maximum absolute atomic E-state index is 12.2. The lowest BCUT2D eigenvalue weighted by Crippen LogP contribution is -2.11. The predicted molar refractivity (Wildman–Crippen MR) is 52.7 cm³/mol. The van der Waals surface area contributed by atoms with Crippen LogP contribution in [0.2, 0.25) is 0 Å². The fourth-order valence-electron chi connectivity index (χ4n) is 1.40. The topological polar surface area (TPSA) is 65.4 Å². The summed E-state index contributed by atoms with van der Waals surface area (Å²) >= 11 is 0. The molecule has 0 spiro atoms. The molecule has 0 saturated carbocycles. The molecule has 0 radical (unpaired) electrons. The van der Waals surface area contributed by atoms with Crippen molar-refractivity contribution in [1.82, 2.24) is 15.2 Å². The zero-order chi connectivity index (χ0) is 12.3. The number of H-pyrrole nitrogens is 1. The highest BCUT2D eigenvalue weighted by atomic mass is 19.4. The lowest BCUT2D eigenvalue weighted by molar-refractivity contribution is -0.144. The van der Waals surface area contributed by atoms with Crippen molar-refractivity contribution in [3.05, 3.63) is 17.4 Å². The van der Waals surface area contributed by atoms with Gasteiger partial charge in [-0.15, -0.1) is 11.1 Å². The minimum atomic E-state index is -4.52.